The number of hydrogen-bond acceptors (Lipinski definition) is 6. The molecule has 10 heteroatoms. The van der Waals surface area contributed by atoms with Gasteiger partial charge in [0.15, 0.2) is 5.54 Å². The highest BCUT2D eigenvalue weighted by Crippen LogP contribution is 2.35. The number of carboxylic acid groups (broad SMARTS) is 1. The first-order valence-electron chi connectivity index (χ1n) is 9.68. The second-order valence-electron chi connectivity index (χ2n) is 7.67. The summed E-state index contributed by atoms with van der Waals surface area (Å²) in [4.78, 5) is 50.8. The Morgan fingerprint density at radius 3 is 2.69 bits per heavy atom. The van der Waals surface area contributed by atoms with Crippen LogP contribution in [0.3, 0.4) is 0 Å². The fourth-order valence-electron chi connectivity index (χ4n) is 4.11. The Labute approximate surface area is 180 Å². The van der Waals surface area contributed by atoms with Gasteiger partial charge in [-0.15, -0.1) is 0 Å². The summed E-state index contributed by atoms with van der Waals surface area (Å²) in [6, 6.07) is 10.3. The minimum Gasteiger partial charge on any atom is -0.497 e. The van der Waals surface area contributed by atoms with Gasteiger partial charge < -0.3 is 24.5 Å². The van der Waals surface area contributed by atoms with Gasteiger partial charge in [0.2, 0.25) is 0 Å². The van der Waals surface area contributed by atoms with Crippen molar-refractivity contribution in [1.82, 2.24) is 15.5 Å². The molecule has 10 nitrogen and oxygen atoms in total. The summed E-state index contributed by atoms with van der Waals surface area (Å²) in [5.41, 5.74) is -0.173. The number of amides is 4. The number of hydrogen-bond donors (Lipinski definition) is 3. The monoisotopic (exact) mass is 435 g/mol. The number of methoxy groups -OCH3 is 1. The van der Waals surface area contributed by atoms with Crippen molar-refractivity contribution in [3.8, 4) is 5.75 Å². The molecule has 3 N–H and O–H groups in total. The number of carbonyl (C=O) groups excluding carboxylic acids is 3. The highest BCUT2D eigenvalue weighted by molar-refractivity contribution is 6.08. The lowest BCUT2D eigenvalue weighted by Gasteiger charge is -2.29. The lowest BCUT2D eigenvalue weighted by atomic mass is 9.95. The van der Waals surface area contributed by atoms with Crippen LogP contribution < -0.4 is 15.4 Å². The van der Waals surface area contributed by atoms with Crippen LogP contribution in [0.4, 0.5) is 4.79 Å². The Morgan fingerprint density at radius 2 is 2.00 bits per heavy atom. The van der Waals surface area contributed by atoms with E-state index in [-0.39, 0.29) is 35.9 Å². The van der Waals surface area contributed by atoms with E-state index in [2.05, 4.69) is 10.6 Å². The first-order valence-corrected chi connectivity index (χ1v) is 9.68. The molecular weight excluding hydrogens is 418 g/mol. The number of benzene rings is 2. The van der Waals surface area contributed by atoms with Crippen LogP contribution in [0.1, 0.15) is 32.0 Å². The second-order valence-corrected chi connectivity index (χ2v) is 7.67. The van der Waals surface area contributed by atoms with Crippen LogP contribution in [-0.2, 0) is 16.9 Å². The minimum atomic E-state index is -1.67. The molecule has 0 saturated carbocycles. The number of ether oxygens (including phenoxy) is 1. The molecular formula is C22H17N3O7. The lowest BCUT2D eigenvalue weighted by Crippen LogP contribution is -2.52. The summed E-state index contributed by atoms with van der Waals surface area (Å²) < 4.78 is 11.0. The number of nitrogens with zero attached hydrogens (tertiary/aromatic N) is 1. The van der Waals surface area contributed by atoms with E-state index < -0.39 is 23.4 Å². The standard InChI is InChI=1S/C22H17N3O7/c1-31-14-5-4-13-9-25(18(26)15(13)8-14)10-22(20(29)23-21(30)24-22)17-7-11-2-3-12(19(27)28)6-16(11)32-17/h2-8H,9-10H2,1H3,(H,27,28)(H2,23,24,29,30)/t22-/m0/s1. The summed E-state index contributed by atoms with van der Waals surface area (Å²) in [6.07, 6.45) is 0. The van der Waals surface area contributed by atoms with Crippen LogP contribution in [0.15, 0.2) is 46.9 Å². The van der Waals surface area contributed by atoms with E-state index in [1.807, 2.05) is 0 Å². The Bertz CT molecular complexity index is 1330. The van der Waals surface area contributed by atoms with E-state index in [0.717, 1.165) is 5.56 Å². The average Bonchev–Trinajstić information content (AvgIpc) is 3.41. The van der Waals surface area contributed by atoms with Gasteiger partial charge in [-0.25, -0.2) is 9.59 Å². The molecule has 2 aromatic carbocycles. The van der Waals surface area contributed by atoms with Crippen LogP contribution in [0, 0.1) is 0 Å². The maximum Gasteiger partial charge on any atom is 0.335 e. The zero-order valence-electron chi connectivity index (χ0n) is 16.8. The summed E-state index contributed by atoms with van der Waals surface area (Å²) >= 11 is 0. The molecule has 0 spiro atoms. The molecule has 0 aliphatic carbocycles. The molecule has 3 heterocycles. The third-order valence-corrected chi connectivity index (χ3v) is 5.75. The van der Waals surface area contributed by atoms with Gasteiger partial charge in [0.25, 0.3) is 11.8 Å². The zero-order valence-corrected chi connectivity index (χ0v) is 16.8. The average molecular weight is 435 g/mol. The molecule has 0 radical (unpaired) electrons. The van der Waals surface area contributed by atoms with Crippen molar-refractivity contribution in [1.29, 1.82) is 0 Å². The van der Waals surface area contributed by atoms with Crippen molar-refractivity contribution in [2.45, 2.75) is 12.1 Å². The van der Waals surface area contributed by atoms with Gasteiger partial charge in [-0.3, -0.25) is 14.9 Å². The number of carbonyl (C=O) groups is 4. The second kappa shape index (κ2) is 6.84. The smallest absolute Gasteiger partial charge is 0.335 e. The number of imide groups is 1. The number of carboxylic acids is 1. The summed E-state index contributed by atoms with van der Waals surface area (Å²) in [5, 5.41) is 14.6. The molecule has 2 aliphatic rings. The molecule has 3 aromatic rings. The lowest BCUT2D eigenvalue weighted by molar-refractivity contribution is -0.125. The Morgan fingerprint density at radius 1 is 1.19 bits per heavy atom. The van der Waals surface area contributed by atoms with Gasteiger partial charge in [-0.05, 0) is 35.9 Å². The van der Waals surface area contributed by atoms with Gasteiger partial charge in [-0.1, -0.05) is 12.1 Å². The maximum absolute atomic E-state index is 13.0. The number of nitrogens with one attached hydrogen (secondary N) is 2. The normalized spacial score (nSPS) is 19.8. The quantitative estimate of drug-likeness (QED) is 0.520. The Balaban J connectivity index is 1.55. The van der Waals surface area contributed by atoms with Crippen molar-refractivity contribution < 1.29 is 33.4 Å². The molecule has 0 unspecified atom stereocenters. The molecule has 1 aromatic heterocycles. The van der Waals surface area contributed by atoms with E-state index in [1.165, 1.54) is 24.1 Å². The van der Waals surface area contributed by atoms with E-state index in [0.29, 0.717) is 16.7 Å². The Kier molecular flexibility index (Phi) is 4.19. The van der Waals surface area contributed by atoms with E-state index >= 15 is 0 Å². The fourth-order valence-corrected chi connectivity index (χ4v) is 4.11. The SMILES string of the molecule is COc1ccc2c(c1)C(=O)N(C[C@@]1(c3cc4ccc(C(=O)O)cc4o3)NC(=O)NC1=O)C2. The Hall–Kier alpha value is -4.34. The first-order chi connectivity index (χ1) is 15.3. The number of furan rings is 1. The van der Waals surface area contributed by atoms with Gasteiger partial charge in [-0.2, -0.15) is 0 Å². The van der Waals surface area contributed by atoms with Crippen LogP contribution in [0.5, 0.6) is 5.75 Å². The number of urea groups is 1. The van der Waals surface area contributed by atoms with Gasteiger partial charge >= 0.3 is 12.0 Å². The van der Waals surface area contributed by atoms with E-state index in [4.69, 9.17) is 9.15 Å². The molecule has 1 fully saturated rings. The molecule has 1 saturated heterocycles. The van der Waals surface area contributed by atoms with Crippen LogP contribution in [0.2, 0.25) is 0 Å². The number of rotatable bonds is 5. The van der Waals surface area contributed by atoms with Crippen LogP contribution in [-0.4, -0.2) is 47.5 Å². The predicted octanol–water partition coefficient (Wildman–Crippen LogP) is 1.83. The largest absolute Gasteiger partial charge is 0.497 e. The molecule has 5 rings (SSSR count). The highest BCUT2D eigenvalue weighted by atomic mass is 16.5. The minimum absolute atomic E-state index is 0.0199. The summed E-state index contributed by atoms with van der Waals surface area (Å²) in [7, 11) is 1.50. The van der Waals surface area contributed by atoms with Crippen LogP contribution >= 0.6 is 0 Å². The first kappa shape index (κ1) is 19.6. The third kappa shape index (κ3) is 2.88. The summed E-state index contributed by atoms with van der Waals surface area (Å²) in [6.45, 7) is 0.0679. The molecule has 0 bridgehead atoms. The van der Waals surface area contributed by atoms with Crippen molar-refractivity contribution >= 4 is 34.8 Å². The highest BCUT2D eigenvalue weighted by Gasteiger charge is 2.53. The van der Waals surface area contributed by atoms with E-state index in [1.54, 1.807) is 30.3 Å². The maximum atomic E-state index is 13.0. The molecule has 4 amide bonds. The topological polar surface area (TPSA) is 138 Å². The predicted molar refractivity (Wildman–Crippen MR) is 109 cm³/mol. The van der Waals surface area contributed by atoms with Crippen LogP contribution in [0.25, 0.3) is 11.0 Å². The number of fused-ring (bicyclic) bond motifs is 2. The van der Waals surface area contributed by atoms with Gasteiger partial charge in [0.1, 0.15) is 17.1 Å². The molecule has 162 valence electrons. The van der Waals surface area contributed by atoms with Crippen molar-refractivity contribution in [3.63, 3.8) is 0 Å². The van der Waals surface area contributed by atoms with E-state index in [9.17, 15) is 24.3 Å². The van der Waals surface area contributed by atoms with Crippen molar-refractivity contribution in [2.24, 2.45) is 0 Å². The molecule has 1 atom stereocenters. The molecule has 32 heavy (non-hydrogen) atoms. The van der Waals surface area contributed by atoms with Gasteiger partial charge in [0.05, 0.1) is 19.2 Å². The zero-order chi connectivity index (χ0) is 22.6. The molecule has 2 aliphatic heterocycles. The summed E-state index contributed by atoms with van der Waals surface area (Å²) in [5.74, 6) is -1.47. The van der Waals surface area contributed by atoms with Gasteiger partial charge in [0, 0.05) is 17.5 Å². The van der Waals surface area contributed by atoms with Crippen molar-refractivity contribution in [2.75, 3.05) is 13.7 Å². The fraction of sp³-hybridized carbons (Fsp3) is 0.182. The third-order valence-electron chi connectivity index (χ3n) is 5.75. The number of aromatic carboxylic acids is 1. The van der Waals surface area contributed by atoms with Crippen molar-refractivity contribution in [3.05, 3.63) is 64.9 Å².